The molecular formula is C13H9BrFIO. The van der Waals surface area contributed by atoms with Crippen molar-refractivity contribution in [2.24, 2.45) is 0 Å². The van der Waals surface area contributed by atoms with E-state index in [1.807, 2.05) is 25.1 Å². The third kappa shape index (κ3) is 3.19. The third-order valence-electron chi connectivity index (χ3n) is 2.16. The summed E-state index contributed by atoms with van der Waals surface area (Å²) in [6, 6.07) is 10.3. The Bertz CT molecular complexity index is 537. The van der Waals surface area contributed by atoms with E-state index in [0.717, 1.165) is 13.6 Å². The summed E-state index contributed by atoms with van der Waals surface area (Å²) >= 11 is 5.61. The molecule has 0 saturated carbocycles. The van der Waals surface area contributed by atoms with E-state index in [4.69, 9.17) is 4.74 Å². The van der Waals surface area contributed by atoms with Crippen molar-refractivity contribution < 1.29 is 9.13 Å². The van der Waals surface area contributed by atoms with Gasteiger partial charge in [0.1, 0.15) is 17.3 Å². The van der Waals surface area contributed by atoms with E-state index < -0.39 is 0 Å². The zero-order valence-electron chi connectivity index (χ0n) is 9.01. The van der Waals surface area contributed by atoms with E-state index >= 15 is 0 Å². The van der Waals surface area contributed by atoms with Crippen LogP contribution in [-0.2, 0) is 0 Å². The van der Waals surface area contributed by atoms with Crippen LogP contribution in [0, 0.1) is 16.3 Å². The minimum Gasteiger partial charge on any atom is -0.456 e. The highest BCUT2D eigenvalue weighted by Crippen LogP contribution is 2.32. The Morgan fingerprint density at radius 3 is 2.71 bits per heavy atom. The highest BCUT2D eigenvalue weighted by Gasteiger charge is 2.06. The van der Waals surface area contributed by atoms with Crippen LogP contribution in [0.4, 0.5) is 4.39 Å². The van der Waals surface area contributed by atoms with Crippen molar-refractivity contribution in [3.05, 3.63) is 55.8 Å². The van der Waals surface area contributed by atoms with Crippen LogP contribution in [0.5, 0.6) is 11.5 Å². The maximum absolute atomic E-state index is 13.2. The van der Waals surface area contributed by atoms with Crippen LogP contribution in [0.15, 0.2) is 40.9 Å². The van der Waals surface area contributed by atoms with Crippen LogP contribution in [0.1, 0.15) is 5.56 Å². The molecule has 0 unspecified atom stereocenters. The molecule has 0 aliphatic rings. The van der Waals surface area contributed by atoms with Crippen LogP contribution in [-0.4, -0.2) is 0 Å². The number of benzene rings is 2. The predicted molar refractivity (Wildman–Crippen MR) is 78.1 cm³/mol. The highest BCUT2D eigenvalue weighted by molar-refractivity contribution is 14.1. The molecule has 0 N–H and O–H groups in total. The van der Waals surface area contributed by atoms with Gasteiger partial charge in [0.2, 0.25) is 0 Å². The van der Waals surface area contributed by atoms with Gasteiger partial charge in [-0.05, 0) is 75.3 Å². The second-order valence-corrected chi connectivity index (χ2v) is 5.55. The number of hydrogen-bond donors (Lipinski definition) is 0. The number of ether oxygens (including phenoxy) is 1. The van der Waals surface area contributed by atoms with E-state index in [-0.39, 0.29) is 5.82 Å². The van der Waals surface area contributed by atoms with Gasteiger partial charge in [0, 0.05) is 10.5 Å². The largest absolute Gasteiger partial charge is 0.456 e. The van der Waals surface area contributed by atoms with Crippen molar-refractivity contribution in [2.45, 2.75) is 6.92 Å². The fourth-order valence-electron chi connectivity index (χ4n) is 1.45. The Morgan fingerprint density at radius 1 is 1.24 bits per heavy atom. The Balaban J connectivity index is 2.34. The first-order valence-electron chi connectivity index (χ1n) is 4.95. The zero-order valence-corrected chi connectivity index (χ0v) is 12.7. The molecule has 0 aliphatic carbocycles. The SMILES string of the molecule is Cc1cc(F)cc(Oc2cccc(Br)c2I)c1. The molecule has 0 fully saturated rings. The van der Waals surface area contributed by atoms with Crippen molar-refractivity contribution in [1.29, 1.82) is 0 Å². The predicted octanol–water partition coefficient (Wildman–Crippen LogP) is 5.29. The normalized spacial score (nSPS) is 10.4. The summed E-state index contributed by atoms with van der Waals surface area (Å²) in [6.45, 7) is 1.84. The maximum atomic E-state index is 13.2. The number of rotatable bonds is 2. The van der Waals surface area contributed by atoms with Crippen molar-refractivity contribution >= 4 is 38.5 Å². The Hall–Kier alpha value is -0.620. The smallest absolute Gasteiger partial charge is 0.141 e. The monoisotopic (exact) mass is 406 g/mol. The van der Waals surface area contributed by atoms with Crippen LogP contribution in [0.2, 0.25) is 0 Å². The Kier molecular flexibility index (Phi) is 4.04. The quantitative estimate of drug-likeness (QED) is 0.615. The fraction of sp³-hybridized carbons (Fsp3) is 0.0769. The van der Waals surface area contributed by atoms with E-state index in [0.29, 0.717) is 11.5 Å². The topological polar surface area (TPSA) is 9.23 Å². The van der Waals surface area contributed by atoms with Gasteiger partial charge < -0.3 is 4.74 Å². The molecule has 2 rings (SSSR count). The molecule has 0 heterocycles. The molecule has 0 spiro atoms. The summed E-state index contributed by atoms with van der Waals surface area (Å²) in [6.07, 6.45) is 0. The summed E-state index contributed by atoms with van der Waals surface area (Å²) < 4.78 is 20.8. The zero-order chi connectivity index (χ0) is 12.4. The molecule has 17 heavy (non-hydrogen) atoms. The minimum absolute atomic E-state index is 0.287. The minimum atomic E-state index is -0.287. The molecule has 2 aromatic carbocycles. The molecule has 88 valence electrons. The van der Waals surface area contributed by atoms with E-state index in [1.54, 1.807) is 6.07 Å². The van der Waals surface area contributed by atoms with Crippen LogP contribution in [0.25, 0.3) is 0 Å². The molecule has 0 amide bonds. The van der Waals surface area contributed by atoms with Gasteiger partial charge in [-0.3, -0.25) is 0 Å². The van der Waals surface area contributed by atoms with Crippen LogP contribution >= 0.6 is 38.5 Å². The molecular weight excluding hydrogens is 398 g/mol. The molecule has 0 aliphatic heterocycles. The molecule has 2 aromatic rings. The number of hydrogen-bond acceptors (Lipinski definition) is 1. The van der Waals surface area contributed by atoms with E-state index in [1.165, 1.54) is 12.1 Å². The first-order valence-corrected chi connectivity index (χ1v) is 6.82. The Labute approximate surface area is 121 Å². The molecule has 0 bridgehead atoms. The van der Waals surface area contributed by atoms with Gasteiger partial charge >= 0.3 is 0 Å². The lowest BCUT2D eigenvalue weighted by atomic mass is 10.2. The van der Waals surface area contributed by atoms with Gasteiger partial charge in [-0.25, -0.2) is 4.39 Å². The van der Waals surface area contributed by atoms with Gasteiger partial charge in [0.05, 0.1) is 3.57 Å². The van der Waals surface area contributed by atoms with E-state index in [2.05, 4.69) is 38.5 Å². The van der Waals surface area contributed by atoms with Gasteiger partial charge in [-0.2, -0.15) is 0 Å². The maximum Gasteiger partial charge on any atom is 0.141 e. The molecule has 0 radical (unpaired) electrons. The highest BCUT2D eigenvalue weighted by atomic mass is 127. The molecule has 0 atom stereocenters. The average molecular weight is 407 g/mol. The number of halogens is 3. The molecule has 1 nitrogen and oxygen atoms in total. The summed E-state index contributed by atoms with van der Waals surface area (Å²) in [5.74, 6) is 0.938. The van der Waals surface area contributed by atoms with Gasteiger partial charge in [-0.15, -0.1) is 0 Å². The van der Waals surface area contributed by atoms with Crippen LogP contribution in [0.3, 0.4) is 0 Å². The second-order valence-electron chi connectivity index (χ2n) is 3.62. The van der Waals surface area contributed by atoms with Gasteiger partial charge in [0.25, 0.3) is 0 Å². The lowest BCUT2D eigenvalue weighted by Gasteiger charge is -2.09. The number of aryl methyl sites for hydroxylation is 1. The summed E-state index contributed by atoms with van der Waals surface area (Å²) in [7, 11) is 0. The third-order valence-corrected chi connectivity index (χ3v) is 4.67. The summed E-state index contributed by atoms with van der Waals surface area (Å²) in [5.41, 5.74) is 0.838. The molecule has 0 saturated heterocycles. The van der Waals surface area contributed by atoms with Gasteiger partial charge in [0.15, 0.2) is 0 Å². The van der Waals surface area contributed by atoms with Crippen LogP contribution < -0.4 is 4.74 Å². The first kappa shape index (κ1) is 12.8. The van der Waals surface area contributed by atoms with Gasteiger partial charge in [-0.1, -0.05) is 6.07 Å². The Morgan fingerprint density at radius 2 is 2.00 bits per heavy atom. The van der Waals surface area contributed by atoms with Crippen molar-refractivity contribution in [2.75, 3.05) is 0 Å². The summed E-state index contributed by atoms with van der Waals surface area (Å²) in [4.78, 5) is 0. The fourth-order valence-corrected chi connectivity index (χ4v) is 2.27. The second kappa shape index (κ2) is 5.35. The van der Waals surface area contributed by atoms with Crippen molar-refractivity contribution in [3.8, 4) is 11.5 Å². The molecule has 0 aromatic heterocycles. The summed E-state index contributed by atoms with van der Waals surface area (Å²) in [5, 5.41) is 0. The van der Waals surface area contributed by atoms with E-state index in [9.17, 15) is 4.39 Å². The standard InChI is InChI=1S/C13H9BrFIO/c1-8-5-9(15)7-10(6-8)17-12-4-2-3-11(14)13(12)16/h2-7H,1H3. The first-order chi connectivity index (χ1) is 8.06. The lowest BCUT2D eigenvalue weighted by molar-refractivity contribution is 0.472. The molecule has 4 heteroatoms. The van der Waals surface area contributed by atoms with Crippen molar-refractivity contribution in [1.82, 2.24) is 0 Å². The average Bonchev–Trinajstić information content (AvgIpc) is 2.23. The lowest BCUT2D eigenvalue weighted by Crippen LogP contribution is -1.90. The van der Waals surface area contributed by atoms with Crippen molar-refractivity contribution in [3.63, 3.8) is 0 Å².